The number of nitrogens with one attached hydrogen (secondary N) is 1. The van der Waals surface area contributed by atoms with Crippen molar-refractivity contribution < 1.29 is 4.79 Å². The summed E-state index contributed by atoms with van der Waals surface area (Å²) >= 11 is 0. The predicted octanol–water partition coefficient (Wildman–Crippen LogP) is 2.86. The van der Waals surface area contributed by atoms with Crippen LogP contribution >= 0.6 is 0 Å². The first-order valence-electron chi connectivity index (χ1n) is 7.55. The third-order valence-corrected chi connectivity index (χ3v) is 3.72. The summed E-state index contributed by atoms with van der Waals surface area (Å²) in [7, 11) is 0. The van der Waals surface area contributed by atoms with E-state index in [0.717, 1.165) is 25.9 Å². The number of hydrogen-bond acceptors (Lipinski definition) is 2. The molecular formula is C17H28N2O. The molecule has 0 radical (unpaired) electrons. The predicted molar refractivity (Wildman–Crippen MR) is 84.8 cm³/mol. The van der Waals surface area contributed by atoms with Crippen molar-refractivity contribution in [2.75, 3.05) is 19.6 Å². The molecule has 0 aliphatic rings. The lowest BCUT2D eigenvalue weighted by atomic mass is 9.95. The minimum absolute atomic E-state index is 0.0291. The Morgan fingerprint density at radius 2 is 1.75 bits per heavy atom. The van der Waals surface area contributed by atoms with Gasteiger partial charge in [0.15, 0.2) is 0 Å². The number of rotatable bonds is 8. The van der Waals surface area contributed by atoms with Gasteiger partial charge in [-0.05, 0) is 46.1 Å². The van der Waals surface area contributed by atoms with Crippen molar-refractivity contribution in [3.63, 3.8) is 0 Å². The first kappa shape index (κ1) is 16.7. The normalized spacial score (nSPS) is 11.4. The largest absolute Gasteiger partial charge is 0.342 e. The molecule has 0 saturated heterocycles. The topological polar surface area (TPSA) is 32.3 Å². The fourth-order valence-corrected chi connectivity index (χ4v) is 2.19. The quantitative estimate of drug-likeness (QED) is 0.792. The molecule has 112 valence electrons. The molecule has 0 aromatic heterocycles. The van der Waals surface area contributed by atoms with E-state index in [4.69, 9.17) is 0 Å². The Kier molecular flexibility index (Phi) is 6.73. The molecule has 0 unspecified atom stereocenters. The molecule has 0 saturated carbocycles. The zero-order chi connectivity index (χ0) is 15.0. The fraction of sp³-hybridized carbons (Fsp3) is 0.588. The second-order valence-electron chi connectivity index (χ2n) is 5.79. The summed E-state index contributed by atoms with van der Waals surface area (Å²) in [5, 5.41) is 3.39. The number of aryl methyl sites for hydroxylation is 1. The van der Waals surface area contributed by atoms with Gasteiger partial charge in [0, 0.05) is 18.6 Å². The highest BCUT2D eigenvalue weighted by atomic mass is 16.2. The van der Waals surface area contributed by atoms with Crippen molar-refractivity contribution in [3.8, 4) is 0 Å². The summed E-state index contributed by atoms with van der Waals surface area (Å²) in [4.78, 5) is 13.9. The number of hydrogen-bond donors (Lipinski definition) is 1. The lowest BCUT2D eigenvalue weighted by Crippen LogP contribution is -2.46. The van der Waals surface area contributed by atoms with Crippen molar-refractivity contribution in [3.05, 3.63) is 35.9 Å². The molecule has 1 amide bonds. The molecule has 0 aliphatic carbocycles. The maximum atomic E-state index is 12.0. The van der Waals surface area contributed by atoms with E-state index in [1.54, 1.807) is 0 Å². The lowest BCUT2D eigenvalue weighted by Gasteiger charge is -2.28. The van der Waals surface area contributed by atoms with Crippen molar-refractivity contribution in [1.29, 1.82) is 0 Å². The van der Waals surface area contributed by atoms with Crippen LogP contribution < -0.4 is 5.32 Å². The van der Waals surface area contributed by atoms with Crippen molar-refractivity contribution >= 4 is 5.91 Å². The highest BCUT2D eigenvalue weighted by Gasteiger charge is 2.19. The van der Waals surface area contributed by atoms with Gasteiger partial charge in [-0.25, -0.2) is 0 Å². The van der Waals surface area contributed by atoms with Gasteiger partial charge in [-0.15, -0.1) is 0 Å². The van der Waals surface area contributed by atoms with Crippen molar-refractivity contribution in [2.24, 2.45) is 0 Å². The van der Waals surface area contributed by atoms with Crippen LogP contribution in [-0.2, 0) is 11.2 Å². The molecule has 0 aliphatic heterocycles. The SMILES string of the molecule is CCN(CC)C(=O)CNC(C)(C)CCc1ccccc1. The van der Waals surface area contributed by atoms with Gasteiger partial charge in [0.25, 0.3) is 0 Å². The van der Waals surface area contributed by atoms with Gasteiger partial charge < -0.3 is 10.2 Å². The summed E-state index contributed by atoms with van der Waals surface area (Å²) in [5.41, 5.74) is 1.32. The standard InChI is InChI=1S/C17H28N2O/c1-5-19(6-2)16(20)14-18-17(3,4)13-12-15-10-8-7-9-11-15/h7-11,18H,5-6,12-14H2,1-4H3. The van der Waals surface area contributed by atoms with Crippen LogP contribution in [0.5, 0.6) is 0 Å². The van der Waals surface area contributed by atoms with E-state index in [2.05, 4.69) is 43.4 Å². The summed E-state index contributed by atoms with van der Waals surface area (Å²) < 4.78 is 0. The van der Waals surface area contributed by atoms with Crippen LogP contribution in [0.15, 0.2) is 30.3 Å². The summed E-state index contributed by atoms with van der Waals surface area (Å²) in [6, 6.07) is 10.5. The smallest absolute Gasteiger partial charge is 0.236 e. The Balaban J connectivity index is 2.39. The monoisotopic (exact) mass is 276 g/mol. The molecular weight excluding hydrogens is 248 g/mol. The molecule has 0 bridgehead atoms. The van der Waals surface area contributed by atoms with E-state index in [1.807, 2.05) is 24.8 Å². The number of likely N-dealkylation sites (N-methyl/N-ethyl adjacent to an activating group) is 1. The van der Waals surface area contributed by atoms with Crippen LogP contribution in [0.3, 0.4) is 0 Å². The highest BCUT2D eigenvalue weighted by molar-refractivity contribution is 5.78. The van der Waals surface area contributed by atoms with Gasteiger partial charge in [0.1, 0.15) is 0 Å². The van der Waals surface area contributed by atoms with Crippen LogP contribution in [0.4, 0.5) is 0 Å². The number of nitrogens with zero attached hydrogens (tertiary/aromatic N) is 1. The van der Waals surface area contributed by atoms with E-state index in [9.17, 15) is 4.79 Å². The highest BCUT2D eigenvalue weighted by Crippen LogP contribution is 2.13. The molecule has 20 heavy (non-hydrogen) atoms. The molecule has 0 fully saturated rings. The molecule has 0 heterocycles. The maximum absolute atomic E-state index is 12.0. The first-order chi connectivity index (χ1) is 9.48. The van der Waals surface area contributed by atoms with Gasteiger partial charge in [-0.1, -0.05) is 30.3 Å². The zero-order valence-corrected chi connectivity index (χ0v) is 13.3. The first-order valence-corrected chi connectivity index (χ1v) is 7.55. The third kappa shape index (κ3) is 5.74. The average molecular weight is 276 g/mol. The maximum Gasteiger partial charge on any atom is 0.236 e. The van der Waals surface area contributed by atoms with Gasteiger partial charge in [-0.3, -0.25) is 4.79 Å². The Bertz CT molecular complexity index is 397. The third-order valence-electron chi connectivity index (χ3n) is 3.72. The number of carbonyl (C=O) groups is 1. The van der Waals surface area contributed by atoms with Crippen LogP contribution in [0.1, 0.15) is 39.7 Å². The summed E-state index contributed by atoms with van der Waals surface area (Å²) in [6.45, 7) is 10.3. The number of carbonyl (C=O) groups excluding carboxylic acids is 1. The minimum Gasteiger partial charge on any atom is -0.342 e. The van der Waals surface area contributed by atoms with Gasteiger partial charge in [0.2, 0.25) is 5.91 Å². The fourth-order valence-electron chi connectivity index (χ4n) is 2.19. The summed E-state index contributed by atoms with van der Waals surface area (Å²) in [6.07, 6.45) is 2.04. The second kappa shape index (κ2) is 8.05. The number of benzene rings is 1. The Morgan fingerprint density at radius 3 is 2.30 bits per heavy atom. The molecule has 1 N–H and O–H groups in total. The minimum atomic E-state index is -0.0291. The van der Waals surface area contributed by atoms with Crippen LogP contribution in [0.25, 0.3) is 0 Å². The van der Waals surface area contributed by atoms with Crippen molar-refractivity contribution in [2.45, 2.75) is 46.1 Å². The van der Waals surface area contributed by atoms with Gasteiger partial charge in [-0.2, -0.15) is 0 Å². The van der Waals surface area contributed by atoms with Gasteiger partial charge >= 0.3 is 0 Å². The molecule has 0 atom stereocenters. The molecule has 0 spiro atoms. The molecule has 1 aromatic carbocycles. The van der Waals surface area contributed by atoms with Crippen LogP contribution in [0.2, 0.25) is 0 Å². The molecule has 1 rings (SSSR count). The van der Waals surface area contributed by atoms with E-state index in [0.29, 0.717) is 6.54 Å². The Labute approximate surface area is 123 Å². The lowest BCUT2D eigenvalue weighted by molar-refractivity contribution is -0.130. The van der Waals surface area contributed by atoms with Crippen LogP contribution in [-0.4, -0.2) is 36.0 Å². The number of amides is 1. The molecule has 3 nitrogen and oxygen atoms in total. The van der Waals surface area contributed by atoms with Gasteiger partial charge in [0.05, 0.1) is 6.54 Å². The molecule has 1 aromatic rings. The molecule has 3 heteroatoms. The second-order valence-corrected chi connectivity index (χ2v) is 5.79. The van der Waals surface area contributed by atoms with Crippen molar-refractivity contribution in [1.82, 2.24) is 10.2 Å². The Morgan fingerprint density at radius 1 is 1.15 bits per heavy atom. The van der Waals surface area contributed by atoms with E-state index < -0.39 is 0 Å². The average Bonchev–Trinajstić information content (AvgIpc) is 2.46. The Hall–Kier alpha value is -1.35. The van der Waals surface area contributed by atoms with E-state index in [-0.39, 0.29) is 11.4 Å². The summed E-state index contributed by atoms with van der Waals surface area (Å²) in [5.74, 6) is 0.183. The zero-order valence-electron chi connectivity index (χ0n) is 13.3. The van der Waals surface area contributed by atoms with Crippen LogP contribution in [0, 0.1) is 0 Å². The van der Waals surface area contributed by atoms with E-state index >= 15 is 0 Å². The van der Waals surface area contributed by atoms with E-state index in [1.165, 1.54) is 5.56 Å².